The Bertz CT molecular complexity index is 797. The SMILES string of the molecule is CNC(=S)N1CCc2cc(OC)c(OC)cc2C1c1ccccc1F. The molecular weight excluding hydrogens is 339 g/mol. The number of nitrogens with one attached hydrogen (secondary N) is 1. The smallest absolute Gasteiger partial charge is 0.169 e. The molecule has 1 unspecified atom stereocenters. The molecule has 0 bridgehead atoms. The van der Waals surface area contributed by atoms with E-state index >= 15 is 0 Å². The Morgan fingerprint density at radius 3 is 2.48 bits per heavy atom. The first kappa shape index (κ1) is 17.5. The number of hydrogen-bond donors (Lipinski definition) is 1. The van der Waals surface area contributed by atoms with Crippen LogP contribution in [-0.2, 0) is 6.42 Å². The molecule has 1 N–H and O–H groups in total. The van der Waals surface area contributed by atoms with Gasteiger partial charge >= 0.3 is 0 Å². The molecule has 0 saturated carbocycles. The van der Waals surface area contributed by atoms with E-state index < -0.39 is 0 Å². The normalized spacial score (nSPS) is 16.2. The van der Waals surface area contributed by atoms with Crippen molar-refractivity contribution in [2.24, 2.45) is 0 Å². The Morgan fingerprint density at radius 2 is 1.84 bits per heavy atom. The van der Waals surface area contributed by atoms with E-state index in [0.29, 0.717) is 28.7 Å². The third-order valence-corrected chi connectivity index (χ3v) is 4.99. The lowest BCUT2D eigenvalue weighted by Gasteiger charge is -2.39. The maximum absolute atomic E-state index is 14.6. The van der Waals surface area contributed by atoms with Gasteiger partial charge in [0.2, 0.25) is 0 Å². The van der Waals surface area contributed by atoms with Gasteiger partial charge in [-0.2, -0.15) is 0 Å². The second-order valence-electron chi connectivity index (χ2n) is 5.83. The molecule has 1 heterocycles. The van der Waals surface area contributed by atoms with Crippen LogP contribution in [0.5, 0.6) is 11.5 Å². The number of hydrogen-bond acceptors (Lipinski definition) is 3. The third-order valence-electron chi connectivity index (χ3n) is 4.55. The molecule has 0 aromatic heterocycles. The maximum Gasteiger partial charge on any atom is 0.169 e. The van der Waals surface area contributed by atoms with Crippen LogP contribution in [0.15, 0.2) is 36.4 Å². The molecule has 0 radical (unpaired) electrons. The largest absolute Gasteiger partial charge is 0.493 e. The van der Waals surface area contributed by atoms with Crippen LogP contribution in [0.2, 0.25) is 0 Å². The van der Waals surface area contributed by atoms with Gasteiger partial charge in [0.05, 0.1) is 20.3 Å². The van der Waals surface area contributed by atoms with Gasteiger partial charge in [0.25, 0.3) is 0 Å². The highest BCUT2D eigenvalue weighted by Gasteiger charge is 2.33. The average Bonchev–Trinajstić information content (AvgIpc) is 2.65. The first-order chi connectivity index (χ1) is 12.1. The first-order valence-corrected chi connectivity index (χ1v) is 8.49. The fraction of sp³-hybridized carbons (Fsp3) is 0.316. The molecular formula is C19H21FN2O2S. The minimum atomic E-state index is -0.315. The minimum Gasteiger partial charge on any atom is -0.493 e. The molecule has 3 rings (SSSR count). The van der Waals surface area contributed by atoms with Gasteiger partial charge in [-0.3, -0.25) is 0 Å². The van der Waals surface area contributed by atoms with E-state index in [9.17, 15) is 4.39 Å². The first-order valence-electron chi connectivity index (χ1n) is 8.08. The zero-order valence-electron chi connectivity index (χ0n) is 14.5. The van der Waals surface area contributed by atoms with Crippen molar-refractivity contribution in [2.75, 3.05) is 27.8 Å². The molecule has 0 saturated heterocycles. The Kier molecular flexibility index (Phi) is 5.08. The zero-order valence-corrected chi connectivity index (χ0v) is 15.3. The minimum absolute atomic E-state index is 0.251. The van der Waals surface area contributed by atoms with E-state index in [4.69, 9.17) is 21.7 Å². The highest BCUT2D eigenvalue weighted by molar-refractivity contribution is 7.80. The Labute approximate surface area is 152 Å². The van der Waals surface area contributed by atoms with Crippen molar-refractivity contribution in [3.8, 4) is 11.5 Å². The van der Waals surface area contributed by atoms with E-state index in [1.165, 1.54) is 6.07 Å². The molecule has 0 aliphatic carbocycles. The molecule has 2 aromatic rings. The maximum atomic E-state index is 14.6. The van der Waals surface area contributed by atoms with Crippen molar-refractivity contribution >= 4 is 17.3 Å². The average molecular weight is 360 g/mol. The summed E-state index contributed by atoms with van der Waals surface area (Å²) in [5.74, 6) is 1.05. The summed E-state index contributed by atoms with van der Waals surface area (Å²) in [6, 6.07) is 10.4. The monoisotopic (exact) mass is 360 g/mol. The number of nitrogens with zero attached hydrogens (tertiary/aromatic N) is 1. The summed E-state index contributed by atoms with van der Waals surface area (Å²) in [6.45, 7) is 0.696. The molecule has 2 aromatic carbocycles. The van der Waals surface area contributed by atoms with Crippen LogP contribution in [0.3, 0.4) is 0 Å². The molecule has 0 spiro atoms. The van der Waals surface area contributed by atoms with Crippen molar-refractivity contribution in [3.63, 3.8) is 0 Å². The van der Waals surface area contributed by atoms with E-state index in [0.717, 1.165) is 17.5 Å². The molecule has 4 nitrogen and oxygen atoms in total. The predicted molar refractivity (Wildman–Crippen MR) is 99.9 cm³/mol. The molecule has 1 aliphatic heterocycles. The summed E-state index contributed by atoms with van der Waals surface area (Å²) in [4.78, 5) is 2.02. The predicted octanol–water partition coefficient (Wildman–Crippen LogP) is 3.29. The lowest BCUT2D eigenvalue weighted by Crippen LogP contribution is -2.45. The van der Waals surface area contributed by atoms with Crippen molar-refractivity contribution in [1.29, 1.82) is 0 Å². The van der Waals surface area contributed by atoms with Crippen LogP contribution in [0.25, 0.3) is 0 Å². The van der Waals surface area contributed by atoms with Crippen LogP contribution in [-0.4, -0.2) is 37.8 Å². The van der Waals surface area contributed by atoms with E-state index in [-0.39, 0.29) is 11.9 Å². The fourth-order valence-corrected chi connectivity index (χ4v) is 3.54. The van der Waals surface area contributed by atoms with Gasteiger partial charge in [-0.25, -0.2) is 4.39 Å². The van der Waals surface area contributed by atoms with Crippen molar-refractivity contribution in [2.45, 2.75) is 12.5 Å². The Balaban J connectivity index is 2.20. The van der Waals surface area contributed by atoms with E-state index in [1.54, 1.807) is 33.4 Å². The third kappa shape index (κ3) is 3.14. The number of rotatable bonds is 3. The Hall–Kier alpha value is -2.34. The van der Waals surface area contributed by atoms with Crippen molar-refractivity contribution in [3.05, 3.63) is 58.9 Å². The summed E-state index contributed by atoms with van der Waals surface area (Å²) in [5.41, 5.74) is 2.68. The van der Waals surface area contributed by atoms with Crippen molar-refractivity contribution in [1.82, 2.24) is 10.2 Å². The second kappa shape index (κ2) is 7.27. The van der Waals surface area contributed by atoms with Crippen LogP contribution >= 0.6 is 12.2 Å². The van der Waals surface area contributed by atoms with Gasteiger partial charge in [-0.1, -0.05) is 18.2 Å². The molecule has 1 atom stereocenters. The number of ether oxygens (including phenoxy) is 2. The number of fused-ring (bicyclic) bond motifs is 1. The lowest BCUT2D eigenvalue weighted by atomic mass is 9.87. The van der Waals surface area contributed by atoms with Gasteiger partial charge in [-0.15, -0.1) is 0 Å². The Morgan fingerprint density at radius 1 is 1.16 bits per heavy atom. The van der Waals surface area contributed by atoms with Crippen LogP contribution < -0.4 is 14.8 Å². The summed E-state index contributed by atoms with van der Waals surface area (Å²) in [7, 11) is 5.00. The van der Waals surface area contributed by atoms with E-state index in [1.807, 2.05) is 23.1 Å². The lowest BCUT2D eigenvalue weighted by molar-refractivity contribution is 0.320. The molecule has 1 aliphatic rings. The summed E-state index contributed by atoms with van der Waals surface area (Å²) in [6.07, 6.45) is 0.794. The summed E-state index contributed by atoms with van der Waals surface area (Å²) in [5, 5.41) is 3.61. The number of halogens is 1. The molecule has 25 heavy (non-hydrogen) atoms. The summed E-state index contributed by atoms with van der Waals surface area (Å²) < 4.78 is 25.5. The van der Waals surface area contributed by atoms with Gasteiger partial charge < -0.3 is 19.7 Å². The van der Waals surface area contributed by atoms with Gasteiger partial charge in [0.1, 0.15) is 5.82 Å². The van der Waals surface area contributed by atoms with Crippen LogP contribution in [0, 0.1) is 5.82 Å². The van der Waals surface area contributed by atoms with Gasteiger partial charge in [0.15, 0.2) is 16.6 Å². The summed E-state index contributed by atoms with van der Waals surface area (Å²) >= 11 is 5.47. The second-order valence-corrected chi connectivity index (χ2v) is 6.22. The molecule has 0 fully saturated rings. The highest BCUT2D eigenvalue weighted by atomic mass is 32.1. The number of methoxy groups -OCH3 is 2. The number of thiocarbonyl (C=S) groups is 1. The highest BCUT2D eigenvalue weighted by Crippen LogP contribution is 2.41. The van der Waals surface area contributed by atoms with Crippen LogP contribution in [0.1, 0.15) is 22.7 Å². The van der Waals surface area contributed by atoms with Crippen LogP contribution in [0.4, 0.5) is 4.39 Å². The molecule has 0 amide bonds. The zero-order chi connectivity index (χ0) is 18.0. The van der Waals surface area contributed by atoms with Crippen molar-refractivity contribution < 1.29 is 13.9 Å². The standard InChI is InChI=1S/C19H21FN2O2S/c1-21-19(25)22-9-8-12-10-16(23-2)17(24-3)11-14(12)18(22)13-6-4-5-7-15(13)20/h4-7,10-11,18H,8-9H2,1-3H3,(H,21,25). The van der Waals surface area contributed by atoms with Gasteiger partial charge in [0, 0.05) is 19.2 Å². The van der Waals surface area contributed by atoms with Gasteiger partial charge in [-0.05, 0) is 48.0 Å². The molecule has 6 heteroatoms. The quantitative estimate of drug-likeness (QED) is 0.850. The molecule has 132 valence electrons. The van der Waals surface area contributed by atoms with E-state index in [2.05, 4.69) is 5.32 Å². The fourth-order valence-electron chi connectivity index (χ4n) is 3.34. The topological polar surface area (TPSA) is 33.7 Å². The number of benzene rings is 2.